The number of carbonyl (C=O) groups is 2. The summed E-state index contributed by atoms with van der Waals surface area (Å²) in [7, 11) is -3.53. The number of carbonyl (C=O) groups excluding carboxylic acids is 2. The molecule has 1 aromatic heterocycles. The fourth-order valence-electron chi connectivity index (χ4n) is 2.87. The number of benzene rings is 1. The van der Waals surface area contributed by atoms with Crippen LogP contribution in [0.3, 0.4) is 0 Å². The fraction of sp³-hybridized carbons (Fsp3) is 0.300. The second-order valence-corrected chi connectivity index (χ2v) is 9.29. The molecule has 0 unspecified atom stereocenters. The van der Waals surface area contributed by atoms with Gasteiger partial charge in [0.05, 0.1) is 4.90 Å². The van der Waals surface area contributed by atoms with E-state index in [1.54, 1.807) is 6.08 Å². The monoisotopic (exact) mass is 419 g/mol. The van der Waals surface area contributed by atoms with Gasteiger partial charge in [-0.05, 0) is 54.6 Å². The Morgan fingerprint density at radius 2 is 1.79 bits per heavy atom. The molecular formula is C20H21NO5S2. The topological polar surface area (TPSA) is 80.8 Å². The first-order chi connectivity index (χ1) is 13.5. The van der Waals surface area contributed by atoms with Crippen LogP contribution in [0.2, 0.25) is 0 Å². The highest BCUT2D eigenvalue weighted by atomic mass is 32.2. The smallest absolute Gasteiger partial charge is 0.331 e. The third kappa shape index (κ3) is 5.15. The van der Waals surface area contributed by atoms with Crippen LogP contribution in [0.1, 0.15) is 34.5 Å². The SMILES string of the molecule is O=C(C=Cc1cccs1)OCC(=O)c1ccc(S(=O)(=O)N2CCCCC2)cc1. The highest BCUT2D eigenvalue weighted by molar-refractivity contribution is 7.89. The maximum atomic E-state index is 12.6. The van der Waals surface area contributed by atoms with Gasteiger partial charge < -0.3 is 4.74 Å². The summed E-state index contributed by atoms with van der Waals surface area (Å²) in [6.45, 7) is 0.655. The van der Waals surface area contributed by atoms with Gasteiger partial charge in [-0.25, -0.2) is 13.2 Å². The largest absolute Gasteiger partial charge is 0.454 e. The summed E-state index contributed by atoms with van der Waals surface area (Å²) in [6, 6.07) is 9.49. The van der Waals surface area contributed by atoms with Crippen LogP contribution >= 0.6 is 11.3 Å². The number of rotatable bonds is 7. The Hall–Kier alpha value is -2.29. The summed E-state index contributed by atoms with van der Waals surface area (Å²) < 4.78 is 31.7. The van der Waals surface area contributed by atoms with E-state index >= 15 is 0 Å². The third-order valence-electron chi connectivity index (χ3n) is 4.40. The molecule has 0 spiro atoms. The van der Waals surface area contributed by atoms with Crippen molar-refractivity contribution in [1.29, 1.82) is 0 Å². The first-order valence-electron chi connectivity index (χ1n) is 8.98. The molecule has 1 aliphatic heterocycles. The highest BCUT2D eigenvalue weighted by Crippen LogP contribution is 2.21. The summed E-state index contributed by atoms with van der Waals surface area (Å²) >= 11 is 1.49. The Labute approximate surface area is 168 Å². The standard InChI is InChI=1S/C20H21NO5S2/c22-19(15-26-20(23)11-8-17-5-4-14-27-17)16-6-9-18(10-7-16)28(24,25)21-12-2-1-3-13-21/h4-11,14H,1-3,12-13,15H2. The molecule has 1 fully saturated rings. The van der Waals surface area contributed by atoms with E-state index in [4.69, 9.17) is 4.74 Å². The molecule has 6 nitrogen and oxygen atoms in total. The zero-order valence-electron chi connectivity index (χ0n) is 15.2. The van der Waals surface area contributed by atoms with Gasteiger partial charge in [0.15, 0.2) is 12.4 Å². The predicted octanol–water partition coefficient (Wildman–Crippen LogP) is 3.36. The van der Waals surface area contributed by atoms with Crippen LogP contribution in [-0.2, 0) is 19.6 Å². The number of hydrogen-bond acceptors (Lipinski definition) is 6. The zero-order valence-corrected chi connectivity index (χ0v) is 16.9. The predicted molar refractivity (Wildman–Crippen MR) is 108 cm³/mol. The average molecular weight is 420 g/mol. The van der Waals surface area contributed by atoms with Gasteiger partial charge in [-0.15, -0.1) is 11.3 Å². The molecule has 8 heteroatoms. The number of hydrogen-bond donors (Lipinski definition) is 0. The van der Waals surface area contributed by atoms with Gasteiger partial charge in [0.1, 0.15) is 0 Å². The second kappa shape index (κ2) is 9.27. The molecule has 0 bridgehead atoms. The van der Waals surface area contributed by atoms with E-state index in [1.165, 1.54) is 46.0 Å². The minimum atomic E-state index is -3.53. The van der Waals surface area contributed by atoms with Crippen molar-refractivity contribution >= 4 is 39.2 Å². The molecular weight excluding hydrogens is 398 g/mol. The second-order valence-electron chi connectivity index (χ2n) is 6.37. The minimum Gasteiger partial charge on any atom is -0.454 e. The zero-order chi connectivity index (χ0) is 20.0. The molecule has 3 rings (SSSR count). The molecule has 0 radical (unpaired) electrons. The minimum absolute atomic E-state index is 0.168. The van der Waals surface area contributed by atoms with E-state index in [0.717, 1.165) is 24.1 Å². The molecule has 2 aromatic rings. The Balaban J connectivity index is 1.56. The van der Waals surface area contributed by atoms with Crippen LogP contribution < -0.4 is 0 Å². The third-order valence-corrected chi connectivity index (χ3v) is 7.15. The Morgan fingerprint density at radius 3 is 2.43 bits per heavy atom. The maximum Gasteiger partial charge on any atom is 0.331 e. The van der Waals surface area contributed by atoms with Gasteiger partial charge in [-0.3, -0.25) is 4.79 Å². The van der Waals surface area contributed by atoms with Gasteiger partial charge >= 0.3 is 5.97 Å². The van der Waals surface area contributed by atoms with Crippen LogP contribution in [0, 0.1) is 0 Å². The molecule has 0 aliphatic carbocycles. The molecule has 148 valence electrons. The molecule has 1 aromatic carbocycles. The number of thiophene rings is 1. The molecule has 28 heavy (non-hydrogen) atoms. The molecule has 0 N–H and O–H groups in total. The van der Waals surface area contributed by atoms with E-state index in [-0.39, 0.29) is 10.7 Å². The summed E-state index contributed by atoms with van der Waals surface area (Å²) in [5, 5.41) is 1.89. The number of piperidine rings is 1. The normalized spacial score (nSPS) is 15.6. The van der Waals surface area contributed by atoms with Gasteiger partial charge in [0, 0.05) is 29.6 Å². The van der Waals surface area contributed by atoms with Crippen LogP contribution in [0.5, 0.6) is 0 Å². The number of Topliss-reactive ketones (excluding diaryl/α,β-unsaturated/α-hetero) is 1. The molecule has 0 amide bonds. The van der Waals surface area contributed by atoms with Crippen molar-refractivity contribution in [3.8, 4) is 0 Å². The van der Waals surface area contributed by atoms with Gasteiger partial charge in [-0.2, -0.15) is 4.31 Å². The van der Waals surface area contributed by atoms with Crippen molar-refractivity contribution in [3.63, 3.8) is 0 Å². The molecule has 2 heterocycles. The van der Waals surface area contributed by atoms with Crippen molar-refractivity contribution < 1.29 is 22.7 Å². The van der Waals surface area contributed by atoms with Crippen molar-refractivity contribution in [2.45, 2.75) is 24.2 Å². The highest BCUT2D eigenvalue weighted by Gasteiger charge is 2.25. The van der Waals surface area contributed by atoms with E-state index in [1.807, 2.05) is 17.5 Å². The first-order valence-corrected chi connectivity index (χ1v) is 11.3. The van der Waals surface area contributed by atoms with E-state index in [9.17, 15) is 18.0 Å². The Kier molecular flexibility index (Phi) is 6.77. The number of ether oxygens (including phenoxy) is 1. The Bertz CT molecular complexity index is 941. The summed E-state index contributed by atoms with van der Waals surface area (Å²) in [5.41, 5.74) is 0.299. The summed E-state index contributed by atoms with van der Waals surface area (Å²) in [4.78, 5) is 25.0. The molecule has 0 atom stereocenters. The van der Waals surface area contributed by atoms with Crippen molar-refractivity contribution in [3.05, 3.63) is 58.3 Å². The number of nitrogens with zero attached hydrogens (tertiary/aromatic N) is 1. The average Bonchev–Trinajstić information content (AvgIpc) is 3.25. The van der Waals surface area contributed by atoms with Crippen LogP contribution in [0.15, 0.2) is 52.7 Å². The van der Waals surface area contributed by atoms with E-state index in [2.05, 4.69) is 0 Å². The summed E-state index contributed by atoms with van der Waals surface area (Å²) in [6.07, 6.45) is 5.66. The number of esters is 1. The van der Waals surface area contributed by atoms with E-state index in [0.29, 0.717) is 18.7 Å². The quantitative estimate of drug-likeness (QED) is 0.391. The molecule has 0 saturated carbocycles. The molecule has 1 saturated heterocycles. The number of sulfonamides is 1. The van der Waals surface area contributed by atoms with Crippen LogP contribution in [-0.4, -0.2) is 44.2 Å². The van der Waals surface area contributed by atoms with Crippen LogP contribution in [0.4, 0.5) is 0 Å². The van der Waals surface area contributed by atoms with Crippen molar-refractivity contribution in [2.24, 2.45) is 0 Å². The lowest BCUT2D eigenvalue weighted by Gasteiger charge is -2.25. The lowest BCUT2D eigenvalue weighted by atomic mass is 10.1. The fourth-order valence-corrected chi connectivity index (χ4v) is 5.01. The van der Waals surface area contributed by atoms with Gasteiger partial charge in [0.2, 0.25) is 10.0 Å². The summed E-state index contributed by atoms with van der Waals surface area (Å²) in [5.74, 6) is -0.995. The van der Waals surface area contributed by atoms with E-state index < -0.39 is 22.6 Å². The first kappa shape index (κ1) is 20.4. The lowest BCUT2D eigenvalue weighted by Crippen LogP contribution is -2.35. The van der Waals surface area contributed by atoms with Gasteiger partial charge in [-0.1, -0.05) is 12.5 Å². The van der Waals surface area contributed by atoms with Crippen LogP contribution in [0.25, 0.3) is 6.08 Å². The molecule has 1 aliphatic rings. The van der Waals surface area contributed by atoms with Gasteiger partial charge in [0.25, 0.3) is 0 Å². The van der Waals surface area contributed by atoms with Crippen molar-refractivity contribution in [1.82, 2.24) is 4.31 Å². The van der Waals surface area contributed by atoms with Crippen molar-refractivity contribution in [2.75, 3.05) is 19.7 Å². The number of ketones is 1. The Morgan fingerprint density at radius 1 is 1.07 bits per heavy atom. The lowest BCUT2D eigenvalue weighted by molar-refractivity contribution is -0.136. The maximum absolute atomic E-state index is 12.6.